The Kier molecular flexibility index (Phi) is 6.34. The minimum atomic E-state index is 0.913. The van der Waals surface area contributed by atoms with Crippen molar-refractivity contribution in [2.24, 2.45) is 0 Å². The molecule has 0 aliphatic carbocycles. The zero-order valence-corrected chi connectivity index (χ0v) is 29.8. The van der Waals surface area contributed by atoms with Crippen LogP contribution in [0, 0.1) is 0 Å². The summed E-state index contributed by atoms with van der Waals surface area (Å²) in [5.41, 5.74) is 13.6. The quantitative estimate of drug-likeness (QED) is 0.179. The maximum absolute atomic E-state index is 6.41. The van der Waals surface area contributed by atoms with Gasteiger partial charge in [-0.05, 0) is 82.1 Å². The minimum Gasteiger partial charge on any atom is -0.455 e. The molecule has 256 valence electrons. The van der Waals surface area contributed by atoms with Crippen LogP contribution in [-0.4, -0.2) is 9.13 Å². The van der Waals surface area contributed by atoms with Crippen LogP contribution in [0.3, 0.4) is 0 Å². The third kappa shape index (κ3) is 4.38. The molecular formula is C52H32N2O. The second-order valence-corrected chi connectivity index (χ2v) is 14.5. The predicted octanol–water partition coefficient (Wildman–Crippen LogP) is 14.3. The summed E-state index contributed by atoms with van der Waals surface area (Å²) in [4.78, 5) is 0. The molecule has 0 saturated heterocycles. The molecule has 3 heterocycles. The van der Waals surface area contributed by atoms with E-state index in [4.69, 9.17) is 4.42 Å². The summed E-state index contributed by atoms with van der Waals surface area (Å²) >= 11 is 0. The van der Waals surface area contributed by atoms with Crippen LogP contribution in [-0.2, 0) is 0 Å². The summed E-state index contributed by atoms with van der Waals surface area (Å²) in [6.45, 7) is 0. The zero-order valence-electron chi connectivity index (χ0n) is 29.8. The maximum Gasteiger partial charge on any atom is 0.143 e. The highest BCUT2D eigenvalue weighted by Crippen LogP contribution is 2.44. The van der Waals surface area contributed by atoms with Crippen LogP contribution in [0.2, 0.25) is 0 Å². The van der Waals surface area contributed by atoms with Crippen LogP contribution in [0.1, 0.15) is 0 Å². The van der Waals surface area contributed by atoms with Crippen molar-refractivity contribution >= 4 is 76.3 Å². The van der Waals surface area contributed by atoms with Crippen molar-refractivity contribution in [1.29, 1.82) is 0 Å². The molecule has 0 atom stereocenters. The summed E-state index contributed by atoms with van der Waals surface area (Å²) < 4.78 is 11.3. The fraction of sp³-hybridized carbons (Fsp3) is 0. The molecule has 0 aliphatic rings. The maximum atomic E-state index is 6.41. The van der Waals surface area contributed by atoms with Crippen molar-refractivity contribution in [2.75, 3.05) is 0 Å². The number of furan rings is 1. The number of nitrogens with zero attached hydrogens (tertiary/aromatic N) is 2. The van der Waals surface area contributed by atoms with E-state index in [9.17, 15) is 0 Å². The van der Waals surface area contributed by atoms with Gasteiger partial charge in [0.1, 0.15) is 11.2 Å². The molecule has 9 aromatic carbocycles. The van der Waals surface area contributed by atoms with E-state index in [1.807, 2.05) is 12.1 Å². The van der Waals surface area contributed by atoms with Gasteiger partial charge in [-0.25, -0.2) is 0 Å². The number of benzene rings is 9. The Balaban J connectivity index is 1.10. The first-order valence-electron chi connectivity index (χ1n) is 18.9. The average molecular weight is 701 g/mol. The van der Waals surface area contributed by atoms with Crippen molar-refractivity contribution in [3.63, 3.8) is 0 Å². The summed E-state index contributed by atoms with van der Waals surface area (Å²) in [6.07, 6.45) is 0. The monoisotopic (exact) mass is 700 g/mol. The summed E-state index contributed by atoms with van der Waals surface area (Å²) in [7, 11) is 0. The van der Waals surface area contributed by atoms with Crippen LogP contribution in [0.4, 0.5) is 0 Å². The molecule has 0 bridgehead atoms. The zero-order chi connectivity index (χ0) is 36.0. The van der Waals surface area contributed by atoms with Gasteiger partial charge in [-0.2, -0.15) is 0 Å². The van der Waals surface area contributed by atoms with Crippen molar-refractivity contribution in [2.45, 2.75) is 0 Å². The van der Waals surface area contributed by atoms with Crippen LogP contribution in [0.15, 0.2) is 199 Å². The molecule has 0 saturated carbocycles. The largest absolute Gasteiger partial charge is 0.455 e. The second kappa shape index (κ2) is 11.6. The SMILES string of the molecule is c1ccc(-n2c3ccc(-c4cccc5ccccc45)cc3c3ccc4c(c5ccccc5n4-c4ccc(-c5cccc6c5oc5ccccc56)cc4)c32)cc1. The first-order chi connectivity index (χ1) is 27.3. The first-order valence-corrected chi connectivity index (χ1v) is 18.9. The van der Waals surface area contributed by atoms with Gasteiger partial charge < -0.3 is 13.6 Å². The number of aromatic nitrogens is 2. The Morgan fingerprint density at radius 3 is 1.87 bits per heavy atom. The molecule has 3 nitrogen and oxygen atoms in total. The highest BCUT2D eigenvalue weighted by Gasteiger charge is 2.22. The fourth-order valence-corrected chi connectivity index (χ4v) is 9.09. The lowest BCUT2D eigenvalue weighted by molar-refractivity contribution is 0.670. The normalized spacial score (nSPS) is 12.0. The highest BCUT2D eigenvalue weighted by molar-refractivity contribution is 6.26. The molecule has 12 rings (SSSR count). The van der Waals surface area contributed by atoms with E-state index in [1.165, 1.54) is 65.5 Å². The van der Waals surface area contributed by atoms with Gasteiger partial charge in [-0.15, -0.1) is 0 Å². The smallest absolute Gasteiger partial charge is 0.143 e. The van der Waals surface area contributed by atoms with Crippen LogP contribution in [0.25, 0.3) is 110 Å². The van der Waals surface area contributed by atoms with Crippen molar-refractivity contribution in [3.8, 4) is 33.6 Å². The molecule has 0 radical (unpaired) electrons. The molecular weight excluding hydrogens is 669 g/mol. The van der Waals surface area contributed by atoms with Gasteiger partial charge in [0, 0.05) is 49.3 Å². The van der Waals surface area contributed by atoms with Gasteiger partial charge in [0.05, 0.1) is 22.1 Å². The Bertz CT molecular complexity index is 3470. The number of fused-ring (bicyclic) bond motifs is 11. The Labute approximate surface area is 316 Å². The van der Waals surface area contributed by atoms with Crippen molar-refractivity contribution < 1.29 is 4.42 Å². The summed E-state index contributed by atoms with van der Waals surface area (Å²) in [5, 5.41) is 9.76. The van der Waals surface area contributed by atoms with Crippen LogP contribution < -0.4 is 0 Å². The van der Waals surface area contributed by atoms with Gasteiger partial charge in [0.15, 0.2) is 0 Å². The molecule has 3 heteroatoms. The van der Waals surface area contributed by atoms with Crippen molar-refractivity contribution in [1.82, 2.24) is 9.13 Å². The lowest BCUT2D eigenvalue weighted by Crippen LogP contribution is -1.95. The number of rotatable bonds is 4. The lowest BCUT2D eigenvalue weighted by atomic mass is 9.97. The van der Waals surface area contributed by atoms with Crippen LogP contribution in [0.5, 0.6) is 0 Å². The summed E-state index contributed by atoms with van der Waals surface area (Å²) in [6, 6.07) is 70.2. The van der Waals surface area contributed by atoms with E-state index in [-0.39, 0.29) is 0 Å². The Hall–Kier alpha value is -7.36. The average Bonchev–Trinajstić information content (AvgIpc) is 3.91. The molecule has 12 aromatic rings. The van der Waals surface area contributed by atoms with E-state index < -0.39 is 0 Å². The number of para-hydroxylation sites is 4. The molecule has 0 amide bonds. The minimum absolute atomic E-state index is 0.913. The van der Waals surface area contributed by atoms with Gasteiger partial charge in [-0.3, -0.25) is 0 Å². The number of hydrogen-bond donors (Lipinski definition) is 0. The predicted molar refractivity (Wildman–Crippen MR) is 231 cm³/mol. The Morgan fingerprint density at radius 2 is 0.982 bits per heavy atom. The third-order valence-electron chi connectivity index (χ3n) is 11.5. The van der Waals surface area contributed by atoms with E-state index in [2.05, 4.69) is 191 Å². The van der Waals surface area contributed by atoms with E-state index >= 15 is 0 Å². The van der Waals surface area contributed by atoms with Gasteiger partial charge in [0.2, 0.25) is 0 Å². The fourth-order valence-electron chi connectivity index (χ4n) is 9.09. The molecule has 0 unspecified atom stereocenters. The number of hydrogen-bond acceptors (Lipinski definition) is 1. The van der Waals surface area contributed by atoms with Gasteiger partial charge in [0.25, 0.3) is 0 Å². The van der Waals surface area contributed by atoms with Crippen LogP contribution >= 0.6 is 0 Å². The van der Waals surface area contributed by atoms with Crippen molar-refractivity contribution in [3.05, 3.63) is 194 Å². The Morgan fingerprint density at radius 1 is 0.345 bits per heavy atom. The molecule has 3 aromatic heterocycles. The molecule has 55 heavy (non-hydrogen) atoms. The first kappa shape index (κ1) is 30.1. The highest BCUT2D eigenvalue weighted by atomic mass is 16.3. The second-order valence-electron chi connectivity index (χ2n) is 14.5. The van der Waals surface area contributed by atoms with E-state index in [0.717, 1.165) is 44.4 Å². The molecule has 0 N–H and O–H groups in total. The van der Waals surface area contributed by atoms with Gasteiger partial charge in [-0.1, -0.05) is 140 Å². The molecule has 0 fully saturated rings. The lowest BCUT2D eigenvalue weighted by Gasteiger charge is -2.11. The molecule has 0 spiro atoms. The molecule has 0 aliphatic heterocycles. The third-order valence-corrected chi connectivity index (χ3v) is 11.5. The van der Waals surface area contributed by atoms with E-state index in [1.54, 1.807) is 0 Å². The summed E-state index contributed by atoms with van der Waals surface area (Å²) in [5.74, 6) is 0. The topological polar surface area (TPSA) is 23.0 Å². The standard InChI is InChI=1S/C52H32N2O/c1-2-14-36(15-3-1)54-47-30-26-35(39-19-10-13-33-12-4-5-16-38(33)39)32-45(47)42-29-31-48-50(51(42)54)44-18-6-8-22-46(44)53(48)37-27-24-34(25-28-37)40-20-11-21-43-41-17-7-9-23-49(41)55-52(40)43/h1-32H. The van der Waals surface area contributed by atoms with Gasteiger partial charge >= 0.3 is 0 Å². The van der Waals surface area contributed by atoms with E-state index in [0.29, 0.717) is 0 Å².